The fourth-order valence-corrected chi connectivity index (χ4v) is 6.58. The third-order valence-electron chi connectivity index (χ3n) is 6.58. The number of sulfonamides is 1. The summed E-state index contributed by atoms with van der Waals surface area (Å²) in [5, 5.41) is 0. The number of ether oxygens (including phenoxy) is 1. The van der Waals surface area contributed by atoms with Crippen LogP contribution >= 0.6 is 0 Å². The molecule has 2 aromatic carbocycles. The Morgan fingerprint density at radius 3 is 2.53 bits per heavy atom. The van der Waals surface area contributed by atoms with Crippen LogP contribution in [0.2, 0.25) is 0 Å². The summed E-state index contributed by atoms with van der Waals surface area (Å²) in [6, 6.07) is 13.3. The maximum absolute atomic E-state index is 13.6. The third-order valence-corrected chi connectivity index (χ3v) is 8.50. The summed E-state index contributed by atoms with van der Waals surface area (Å²) in [6.07, 6.45) is 5.25. The molecule has 1 fully saturated rings. The highest BCUT2D eigenvalue weighted by molar-refractivity contribution is 7.89. The smallest absolute Gasteiger partial charge is 0.254 e. The summed E-state index contributed by atoms with van der Waals surface area (Å²) in [4.78, 5) is 15.6. The number of nitrogens with zero attached hydrogens (tertiary/aromatic N) is 2. The fourth-order valence-electron chi connectivity index (χ4n) is 4.88. The maximum Gasteiger partial charge on any atom is 0.254 e. The second-order valence-electron chi connectivity index (χ2n) is 8.64. The highest BCUT2D eigenvalue weighted by atomic mass is 32.2. The molecule has 32 heavy (non-hydrogen) atoms. The van der Waals surface area contributed by atoms with Gasteiger partial charge in [0.05, 0.1) is 7.11 Å². The average molecular weight is 457 g/mol. The Balaban J connectivity index is 1.65. The van der Waals surface area contributed by atoms with Crippen molar-refractivity contribution in [2.75, 3.05) is 26.7 Å². The first-order valence-corrected chi connectivity index (χ1v) is 13.0. The SMILES string of the molecule is CCCN(C(=O)c1ccc(OC)c(S(=O)(=O)N2CCCC2)c1)C1CCc2ccccc2C1. The summed E-state index contributed by atoms with van der Waals surface area (Å²) in [7, 11) is -2.24. The molecule has 1 heterocycles. The number of benzene rings is 2. The molecule has 172 valence electrons. The Bertz CT molecular complexity index is 1080. The van der Waals surface area contributed by atoms with E-state index in [-0.39, 0.29) is 22.6 Å². The molecule has 0 N–H and O–H groups in total. The average Bonchev–Trinajstić information content (AvgIpc) is 3.37. The van der Waals surface area contributed by atoms with Crippen LogP contribution in [-0.2, 0) is 22.9 Å². The molecule has 0 bridgehead atoms. The lowest BCUT2D eigenvalue weighted by molar-refractivity contribution is 0.0661. The number of hydrogen-bond donors (Lipinski definition) is 0. The summed E-state index contributed by atoms with van der Waals surface area (Å²) in [5.74, 6) is 0.166. The predicted octanol–water partition coefficient (Wildman–Crippen LogP) is 3.89. The van der Waals surface area contributed by atoms with Crippen LogP contribution in [0.1, 0.15) is 54.1 Å². The van der Waals surface area contributed by atoms with E-state index in [1.165, 1.54) is 28.6 Å². The second kappa shape index (κ2) is 9.63. The van der Waals surface area contributed by atoms with E-state index in [1.807, 2.05) is 11.0 Å². The van der Waals surface area contributed by atoms with Gasteiger partial charge in [-0.1, -0.05) is 31.2 Å². The van der Waals surface area contributed by atoms with Crippen LogP contribution in [0, 0.1) is 0 Å². The van der Waals surface area contributed by atoms with E-state index in [0.717, 1.165) is 38.5 Å². The van der Waals surface area contributed by atoms with Crippen molar-refractivity contribution < 1.29 is 17.9 Å². The van der Waals surface area contributed by atoms with Gasteiger partial charge in [0.15, 0.2) is 0 Å². The van der Waals surface area contributed by atoms with Crippen molar-refractivity contribution in [3.8, 4) is 5.75 Å². The molecule has 0 spiro atoms. The standard InChI is InChI=1S/C25H32N2O4S/c1-3-14-27(22-12-10-19-8-4-5-9-20(19)17-22)25(28)21-11-13-23(31-2)24(18-21)32(29,30)26-15-6-7-16-26/h4-5,8-9,11,13,18,22H,3,6-7,10,12,14-17H2,1-2H3. The molecule has 4 rings (SSSR count). The van der Waals surface area contributed by atoms with Gasteiger partial charge in [0.2, 0.25) is 10.0 Å². The number of methoxy groups -OCH3 is 1. The van der Waals surface area contributed by atoms with Crippen LogP contribution < -0.4 is 4.74 Å². The van der Waals surface area contributed by atoms with Crippen molar-refractivity contribution in [3.63, 3.8) is 0 Å². The summed E-state index contributed by atoms with van der Waals surface area (Å²) >= 11 is 0. The monoisotopic (exact) mass is 456 g/mol. The van der Waals surface area contributed by atoms with Gasteiger partial charge in [0.25, 0.3) is 5.91 Å². The quantitative estimate of drug-likeness (QED) is 0.634. The first kappa shape index (κ1) is 22.8. The zero-order chi connectivity index (χ0) is 22.7. The van der Waals surface area contributed by atoms with E-state index in [0.29, 0.717) is 25.2 Å². The van der Waals surface area contributed by atoms with Gasteiger partial charge in [-0.05, 0) is 67.9 Å². The molecule has 6 nitrogen and oxygen atoms in total. The Labute approximate surface area is 191 Å². The molecule has 0 aromatic heterocycles. The Morgan fingerprint density at radius 2 is 1.84 bits per heavy atom. The van der Waals surface area contributed by atoms with Gasteiger partial charge in [0.1, 0.15) is 10.6 Å². The van der Waals surface area contributed by atoms with E-state index in [9.17, 15) is 13.2 Å². The van der Waals surface area contributed by atoms with Crippen LogP contribution in [0.25, 0.3) is 0 Å². The third kappa shape index (κ3) is 4.41. The molecular formula is C25H32N2O4S. The van der Waals surface area contributed by atoms with Gasteiger partial charge >= 0.3 is 0 Å². The molecule has 1 amide bonds. The number of fused-ring (bicyclic) bond motifs is 1. The topological polar surface area (TPSA) is 66.9 Å². The molecule has 1 aliphatic heterocycles. The van der Waals surface area contributed by atoms with Crippen LogP contribution in [0.3, 0.4) is 0 Å². The normalized spacial score (nSPS) is 18.9. The number of carbonyl (C=O) groups excluding carboxylic acids is 1. The Kier molecular flexibility index (Phi) is 6.86. The van der Waals surface area contributed by atoms with E-state index in [2.05, 4.69) is 25.1 Å². The van der Waals surface area contributed by atoms with Crippen molar-refractivity contribution in [1.82, 2.24) is 9.21 Å². The minimum absolute atomic E-state index is 0.0817. The predicted molar refractivity (Wildman–Crippen MR) is 125 cm³/mol. The number of aryl methyl sites for hydroxylation is 1. The van der Waals surface area contributed by atoms with E-state index < -0.39 is 10.0 Å². The summed E-state index contributed by atoms with van der Waals surface area (Å²) in [6.45, 7) is 3.72. The first-order chi connectivity index (χ1) is 15.5. The summed E-state index contributed by atoms with van der Waals surface area (Å²) in [5.41, 5.74) is 3.05. The summed E-state index contributed by atoms with van der Waals surface area (Å²) < 4.78 is 33.3. The van der Waals surface area contributed by atoms with Crippen LogP contribution in [-0.4, -0.2) is 56.3 Å². The van der Waals surface area contributed by atoms with Gasteiger partial charge < -0.3 is 9.64 Å². The molecule has 1 saturated heterocycles. The van der Waals surface area contributed by atoms with Crippen LogP contribution in [0.15, 0.2) is 47.4 Å². The lowest BCUT2D eigenvalue weighted by atomic mass is 9.87. The van der Waals surface area contributed by atoms with Crippen molar-refractivity contribution in [2.24, 2.45) is 0 Å². The highest BCUT2D eigenvalue weighted by Gasteiger charge is 2.32. The van der Waals surface area contributed by atoms with Gasteiger partial charge in [-0.25, -0.2) is 8.42 Å². The lowest BCUT2D eigenvalue weighted by Crippen LogP contribution is -2.44. The number of amides is 1. The van der Waals surface area contributed by atoms with Crippen LogP contribution in [0.4, 0.5) is 0 Å². The molecule has 2 aliphatic rings. The maximum atomic E-state index is 13.6. The molecular weight excluding hydrogens is 424 g/mol. The zero-order valence-corrected chi connectivity index (χ0v) is 19.7. The van der Waals surface area contributed by atoms with Crippen molar-refractivity contribution in [1.29, 1.82) is 0 Å². The molecule has 1 aliphatic carbocycles. The number of rotatable bonds is 7. The second-order valence-corrected chi connectivity index (χ2v) is 10.5. The molecule has 1 atom stereocenters. The Hall–Kier alpha value is -2.38. The zero-order valence-electron chi connectivity index (χ0n) is 18.9. The molecule has 0 radical (unpaired) electrons. The fraction of sp³-hybridized carbons (Fsp3) is 0.480. The highest BCUT2D eigenvalue weighted by Crippen LogP contribution is 2.31. The van der Waals surface area contributed by atoms with Gasteiger partial charge in [-0.2, -0.15) is 4.31 Å². The largest absolute Gasteiger partial charge is 0.495 e. The van der Waals surface area contributed by atoms with E-state index in [4.69, 9.17) is 4.74 Å². The van der Waals surface area contributed by atoms with Gasteiger partial charge in [-0.15, -0.1) is 0 Å². The Morgan fingerprint density at radius 1 is 1.12 bits per heavy atom. The van der Waals surface area contributed by atoms with E-state index >= 15 is 0 Å². The van der Waals surface area contributed by atoms with Gasteiger partial charge in [-0.3, -0.25) is 4.79 Å². The molecule has 1 unspecified atom stereocenters. The van der Waals surface area contributed by atoms with E-state index in [1.54, 1.807) is 12.1 Å². The van der Waals surface area contributed by atoms with Crippen molar-refractivity contribution >= 4 is 15.9 Å². The van der Waals surface area contributed by atoms with Gasteiger partial charge in [0, 0.05) is 31.2 Å². The van der Waals surface area contributed by atoms with Crippen molar-refractivity contribution in [3.05, 3.63) is 59.2 Å². The molecule has 0 saturated carbocycles. The van der Waals surface area contributed by atoms with Crippen molar-refractivity contribution in [2.45, 2.75) is 56.4 Å². The first-order valence-electron chi connectivity index (χ1n) is 11.5. The molecule has 2 aromatic rings. The number of hydrogen-bond acceptors (Lipinski definition) is 4. The minimum atomic E-state index is -3.70. The van der Waals surface area contributed by atoms with Crippen LogP contribution in [0.5, 0.6) is 5.75 Å². The molecule has 7 heteroatoms. The number of carbonyl (C=O) groups is 1. The minimum Gasteiger partial charge on any atom is -0.495 e. The lowest BCUT2D eigenvalue weighted by Gasteiger charge is -2.35.